The number of carbonyl (C=O) groups is 2. The van der Waals surface area contributed by atoms with E-state index in [1.165, 1.54) is 0 Å². The number of nitrogens with one attached hydrogen (secondary N) is 1. The average molecular weight is 259 g/mol. The fourth-order valence-corrected chi connectivity index (χ4v) is 1.68. The first kappa shape index (κ1) is 14.8. The maximum absolute atomic E-state index is 11.5. The number of anilines is 1. The zero-order chi connectivity index (χ0) is 14.3. The molecule has 0 bridgehead atoms. The molecule has 1 aromatic rings. The van der Waals surface area contributed by atoms with Crippen molar-refractivity contribution in [1.82, 2.24) is 0 Å². The van der Waals surface area contributed by atoms with Crippen LogP contribution in [0.2, 0.25) is 0 Å². The molecule has 0 aliphatic heterocycles. The second kappa shape index (κ2) is 7.22. The molecule has 0 aliphatic carbocycles. The molecule has 0 saturated carbocycles. The maximum atomic E-state index is 11.5. The third-order valence-corrected chi connectivity index (χ3v) is 2.74. The van der Waals surface area contributed by atoms with E-state index in [2.05, 4.69) is 11.2 Å². The Morgan fingerprint density at radius 3 is 2.53 bits per heavy atom. The fourth-order valence-electron chi connectivity index (χ4n) is 1.68. The molecule has 19 heavy (non-hydrogen) atoms. The summed E-state index contributed by atoms with van der Waals surface area (Å²) in [6.45, 7) is 1.86. The summed E-state index contributed by atoms with van der Waals surface area (Å²) in [6, 6.07) is 7.18. The maximum Gasteiger partial charge on any atom is 0.303 e. The van der Waals surface area contributed by atoms with Crippen LogP contribution < -0.4 is 5.32 Å². The Labute approximate surface area is 112 Å². The number of carboxylic acid groups (broad SMARTS) is 1. The first-order valence-corrected chi connectivity index (χ1v) is 6.08. The van der Waals surface area contributed by atoms with E-state index in [1.54, 1.807) is 12.1 Å². The van der Waals surface area contributed by atoms with Gasteiger partial charge in [0.2, 0.25) is 5.91 Å². The van der Waals surface area contributed by atoms with E-state index in [0.717, 1.165) is 5.56 Å². The summed E-state index contributed by atoms with van der Waals surface area (Å²) < 4.78 is 0. The number of hydrogen-bond acceptors (Lipinski definition) is 2. The summed E-state index contributed by atoms with van der Waals surface area (Å²) in [5.41, 5.74) is 1.62. The highest BCUT2D eigenvalue weighted by atomic mass is 16.4. The number of benzene rings is 1. The number of terminal acetylenes is 1. The minimum atomic E-state index is -0.820. The Morgan fingerprint density at radius 2 is 2.00 bits per heavy atom. The number of rotatable bonds is 6. The standard InChI is InChI=1S/C15H17NO3/c1-3-4-5-14(17)16-13-8-6-12(7-9-13)11(2)10-15(18)19/h1,6-9,11H,4-5,10H2,2H3,(H,16,17)(H,18,19). The highest BCUT2D eigenvalue weighted by molar-refractivity contribution is 5.90. The molecular formula is C15H17NO3. The molecule has 1 amide bonds. The van der Waals surface area contributed by atoms with E-state index in [4.69, 9.17) is 11.5 Å². The van der Waals surface area contributed by atoms with Crippen LogP contribution in [0.5, 0.6) is 0 Å². The zero-order valence-corrected chi connectivity index (χ0v) is 10.8. The normalized spacial score (nSPS) is 11.4. The van der Waals surface area contributed by atoms with Crippen LogP contribution in [0.1, 0.15) is 37.7 Å². The number of hydrogen-bond donors (Lipinski definition) is 2. The molecule has 0 spiro atoms. The lowest BCUT2D eigenvalue weighted by Crippen LogP contribution is -2.10. The molecule has 0 aliphatic rings. The van der Waals surface area contributed by atoms with Crippen LogP contribution in [0.25, 0.3) is 0 Å². The molecule has 1 atom stereocenters. The van der Waals surface area contributed by atoms with Gasteiger partial charge in [0.1, 0.15) is 0 Å². The van der Waals surface area contributed by atoms with Crippen molar-refractivity contribution >= 4 is 17.6 Å². The molecule has 2 N–H and O–H groups in total. The minimum absolute atomic E-state index is 0.0521. The SMILES string of the molecule is C#CCCC(=O)Nc1ccc(C(C)CC(=O)O)cc1. The summed E-state index contributed by atoms with van der Waals surface area (Å²) in [5, 5.41) is 11.5. The zero-order valence-electron chi connectivity index (χ0n) is 10.8. The molecule has 4 nitrogen and oxygen atoms in total. The van der Waals surface area contributed by atoms with Gasteiger partial charge in [0.15, 0.2) is 0 Å². The Morgan fingerprint density at radius 1 is 1.37 bits per heavy atom. The summed E-state index contributed by atoms with van der Waals surface area (Å²) >= 11 is 0. The summed E-state index contributed by atoms with van der Waals surface area (Å²) in [5.74, 6) is 1.42. The van der Waals surface area contributed by atoms with Crippen molar-refractivity contribution in [2.24, 2.45) is 0 Å². The van der Waals surface area contributed by atoms with Gasteiger partial charge in [-0.15, -0.1) is 12.3 Å². The van der Waals surface area contributed by atoms with Gasteiger partial charge in [-0.25, -0.2) is 0 Å². The first-order chi connectivity index (χ1) is 9.02. The Hall–Kier alpha value is -2.28. The van der Waals surface area contributed by atoms with Gasteiger partial charge in [-0.1, -0.05) is 19.1 Å². The first-order valence-electron chi connectivity index (χ1n) is 6.08. The lowest BCUT2D eigenvalue weighted by Gasteiger charge is -2.10. The summed E-state index contributed by atoms with van der Waals surface area (Å²) in [7, 11) is 0. The molecule has 0 fully saturated rings. The van der Waals surface area contributed by atoms with E-state index < -0.39 is 5.97 Å². The highest BCUT2D eigenvalue weighted by Gasteiger charge is 2.10. The van der Waals surface area contributed by atoms with E-state index in [0.29, 0.717) is 18.5 Å². The van der Waals surface area contributed by atoms with Crippen LogP contribution in [0.3, 0.4) is 0 Å². The molecule has 0 radical (unpaired) electrons. The molecule has 1 rings (SSSR count). The number of carbonyl (C=O) groups excluding carboxylic acids is 1. The van der Waals surface area contributed by atoms with Crippen LogP contribution in [-0.4, -0.2) is 17.0 Å². The van der Waals surface area contributed by atoms with E-state index >= 15 is 0 Å². The molecule has 1 unspecified atom stereocenters. The van der Waals surface area contributed by atoms with Gasteiger partial charge in [-0.05, 0) is 23.6 Å². The van der Waals surface area contributed by atoms with Crippen LogP contribution in [0, 0.1) is 12.3 Å². The van der Waals surface area contributed by atoms with Gasteiger partial charge in [-0.3, -0.25) is 9.59 Å². The van der Waals surface area contributed by atoms with Crippen LogP contribution in [0.4, 0.5) is 5.69 Å². The van der Waals surface area contributed by atoms with Gasteiger partial charge in [0.05, 0.1) is 6.42 Å². The lowest BCUT2D eigenvalue weighted by atomic mass is 9.98. The quantitative estimate of drug-likeness (QED) is 0.772. The van der Waals surface area contributed by atoms with Crippen LogP contribution in [-0.2, 0) is 9.59 Å². The van der Waals surface area contributed by atoms with Crippen molar-refractivity contribution in [3.8, 4) is 12.3 Å². The van der Waals surface area contributed by atoms with E-state index in [-0.39, 0.29) is 18.2 Å². The minimum Gasteiger partial charge on any atom is -0.481 e. The Bertz CT molecular complexity index is 485. The van der Waals surface area contributed by atoms with Crippen molar-refractivity contribution in [1.29, 1.82) is 0 Å². The molecular weight excluding hydrogens is 242 g/mol. The molecule has 0 saturated heterocycles. The summed E-state index contributed by atoms with van der Waals surface area (Å²) in [6.07, 6.45) is 5.89. The highest BCUT2D eigenvalue weighted by Crippen LogP contribution is 2.21. The van der Waals surface area contributed by atoms with Gasteiger partial charge in [0.25, 0.3) is 0 Å². The van der Waals surface area contributed by atoms with Gasteiger partial charge >= 0.3 is 5.97 Å². The molecule has 1 aromatic carbocycles. The van der Waals surface area contributed by atoms with Crippen molar-refractivity contribution in [3.63, 3.8) is 0 Å². The van der Waals surface area contributed by atoms with Crippen molar-refractivity contribution in [2.75, 3.05) is 5.32 Å². The number of amides is 1. The van der Waals surface area contributed by atoms with Crippen LogP contribution >= 0.6 is 0 Å². The Balaban J connectivity index is 2.59. The summed E-state index contributed by atoms with van der Waals surface area (Å²) in [4.78, 5) is 22.1. The van der Waals surface area contributed by atoms with Crippen molar-refractivity contribution < 1.29 is 14.7 Å². The lowest BCUT2D eigenvalue weighted by molar-refractivity contribution is -0.137. The van der Waals surface area contributed by atoms with E-state index in [9.17, 15) is 9.59 Å². The second-order valence-electron chi connectivity index (χ2n) is 4.37. The largest absolute Gasteiger partial charge is 0.481 e. The Kier molecular flexibility index (Phi) is 5.62. The smallest absolute Gasteiger partial charge is 0.303 e. The third-order valence-electron chi connectivity index (χ3n) is 2.74. The van der Waals surface area contributed by atoms with E-state index in [1.807, 2.05) is 19.1 Å². The molecule has 0 aromatic heterocycles. The van der Waals surface area contributed by atoms with Gasteiger partial charge in [0, 0.05) is 18.5 Å². The molecule has 0 heterocycles. The number of carboxylic acids is 1. The van der Waals surface area contributed by atoms with Gasteiger partial charge in [-0.2, -0.15) is 0 Å². The van der Waals surface area contributed by atoms with Crippen molar-refractivity contribution in [2.45, 2.75) is 32.1 Å². The number of aliphatic carboxylic acids is 1. The fraction of sp³-hybridized carbons (Fsp3) is 0.333. The molecule has 100 valence electrons. The topological polar surface area (TPSA) is 66.4 Å². The second-order valence-corrected chi connectivity index (χ2v) is 4.37. The van der Waals surface area contributed by atoms with Gasteiger partial charge < -0.3 is 10.4 Å². The molecule has 4 heteroatoms. The average Bonchev–Trinajstić information content (AvgIpc) is 2.36. The monoisotopic (exact) mass is 259 g/mol. The third kappa shape index (κ3) is 5.26. The van der Waals surface area contributed by atoms with Crippen molar-refractivity contribution in [3.05, 3.63) is 29.8 Å². The van der Waals surface area contributed by atoms with Crippen LogP contribution in [0.15, 0.2) is 24.3 Å². The predicted molar refractivity (Wildman–Crippen MR) is 73.8 cm³/mol. The predicted octanol–water partition coefficient (Wildman–Crippen LogP) is 2.62.